The van der Waals surface area contributed by atoms with E-state index in [4.69, 9.17) is 0 Å². The summed E-state index contributed by atoms with van der Waals surface area (Å²) in [6.45, 7) is 3.00. The standard InChI is InChI=1S/C9H16N4S/c1-13(9-2-3-9)5-4-10-6-8-7-14-12-11-8/h7,9-10H,2-6H2,1H3. The van der Waals surface area contributed by atoms with E-state index in [9.17, 15) is 0 Å². The summed E-state index contributed by atoms with van der Waals surface area (Å²) in [6.07, 6.45) is 2.76. The third-order valence-electron chi connectivity index (χ3n) is 2.52. The van der Waals surface area contributed by atoms with Crippen LogP contribution in [0.2, 0.25) is 0 Å². The van der Waals surface area contributed by atoms with Crippen molar-refractivity contribution in [1.29, 1.82) is 0 Å². The highest BCUT2D eigenvalue weighted by molar-refractivity contribution is 7.03. The molecule has 0 bridgehead atoms. The van der Waals surface area contributed by atoms with Gasteiger partial charge >= 0.3 is 0 Å². The molecule has 1 N–H and O–H groups in total. The maximum absolute atomic E-state index is 3.97. The van der Waals surface area contributed by atoms with E-state index in [1.165, 1.54) is 24.4 Å². The monoisotopic (exact) mass is 212 g/mol. The van der Waals surface area contributed by atoms with Gasteiger partial charge in [-0.05, 0) is 31.4 Å². The first kappa shape index (κ1) is 10.0. The van der Waals surface area contributed by atoms with Crippen LogP contribution in [-0.4, -0.2) is 40.7 Å². The van der Waals surface area contributed by atoms with Crippen molar-refractivity contribution in [3.05, 3.63) is 11.1 Å². The zero-order chi connectivity index (χ0) is 9.80. The Morgan fingerprint density at radius 1 is 1.64 bits per heavy atom. The molecular weight excluding hydrogens is 196 g/mol. The van der Waals surface area contributed by atoms with Crippen LogP contribution < -0.4 is 5.32 Å². The smallest absolute Gasteiger partial charge is 0.0893 e. The number of hydrogen-bond acceptors (Lipinski definition) is 5. The highest BCUT2D eigenvalue weighted by Crippen LogP contribution is 2.24. The van der Waals surface area contributed by atoms with Crippen molar-refractivity contribution in [2.45, 2.75) is 25.4 Å². The van der Waals surface area contributed by atoms with Crippen LogP contribution in [0.15, 0.2) is 5.38 Å². The normalized spacial score (nSPS) is 16.4. The molecule has 0 atom stereocenters. The molecule has 0 saturated heterocycles. The van der Waals surface area contributed by atoms with Crippen LogP contribution in [0.5, 0.6) is 0 Å². The Kier molecular flexibility index (Phi) is 3.44. The first-order valence-electron chi connectivity index (χ1n) is 5.03. The summed E-state index contributed by atoms with van der Waals surface area (Å²) in [5.41, 5.74) is 1.05. The minimum atomic E-state index is 0.842. The molecule has 1 aliphatic rings. The minimum Gasteiger partial charge on any atom is -0.310 e. The summed E-state index contributed by atoms with van der Waals surface area (Å²) in [7, 11) is 2.20. The Morgan fingerprint density at radius 3 is 3.14 bits per heavy atom. The number of nitrogens with zero attached hydrogens (tertiary/aromatic N) is 3. The Morgan fingerprint density at radius 2 is 2.50 bits per heavy atom. The van der Waals surface area contributed by atoms with Gasteiger partial charge in [0.15, 0.2) is 0 Å². The first-order chi connectivity index (χ1) is 6.86. The third-order valence-corrected chi connectivity index (χ3v) is 3.08. The van der Waals surface area contributed by atoms with Crippen molar-refractivity contribution in [1.82, 2.24) is 19.8 Å². The van der Waals surface area contributed by atoms with Crippen LogP contribution in [0.25, 0.3) is 0 Å². The van der Waals surface area contributed by atoms with Crippen molar-refractivity contribution in [2.24, 2.45) is 0 Å². The average molecular weight is 212 g/mol. The molecule has 0 aromatic carbocycles. The lowest BCUT2D eigenvalue weighted by atomic mass is 10.4. The van der Waals surface area contributed by atoms with Crippen LogP contribution in [-0.2, 0) is 6.54 Å². The molecule has 1 saturated carbocycles. The Balaban J connectivity index is 1.54. The second-order valence-electron chi connectivity index (χ2n) is 3.78. The third kappa shape index (κ3) is 3.01. The fraction of sp³-hybridized carbons (Fsp3) is 0.778. The molecule has 1 fully saturated rings. The van der Waals surface area contributed by atoms with Gasteiger partial charge in [0.25, 0.3) is 0 Å². The maximum Gasteiger partial charge on any atom is 0.0893 e. The quantitative estimate of drug-likeness (QED) is 0.706. The van der Waals surface area contributed by atoms with Crippen molar-refractivity contribution >= 4 is 11.5 Å². The largest absolute Gasteiger partial charge is 0.310 e. The predicted molar refractivity (Wildman–Crippen MR) is 57.3 cm³/mol. The lowest BCUT2D eigenvalue weighted by molar-refractivity contribution is 0.321. The molecule has 1 heterocycles. The van der Waals surface area contributed by atoms with Crippen LogP contribution in [0.3, 0.4) is 0 Å². The maximum atomic E-state index is 3.97. The number of likely N-dealkylation sites (N-methyl/N-ethyl adjacent to an activating group) is 1. The summed E-state index contributed by atoms with van der Waals surface area (Å²) < 4.78 is 3.82. The molecule has 5 heteroatoms. The van der Waals surface area contributed by atoms with Gasteiger partial charge in [0, 0.05) is 31.1 Å². The van der Waals surface area contributed by atoms with E-state index >= 15 is 0 Å². The van der Waals surface area contributed by atoms with Crippen molar-refractivity contribution in [3.8, 4) is 0 Å². The van der Waals surface area contributed by atoms with Gasteiger partial charge in [0.1, 0.15) is 0 Å². The molecule has 2 rings (SSSR count). The summed E-state index contributed by atoms with van der Waals surface area (Å²) in [6, 6.07) is 0.859. The molecule has 0 radical (unpaired) electrons. The molecule has 1 aromatic heterocycles. The fourth-order valence-corrected chi connectivity index (χ4v) is 1.88. The van der Waals surface area contributed by atoms with E-state index in [-0.39, 0.29) is 0 Å². The van der Waals surface area contributed by atoms with Crippen molar-refractivity contribution in [2.75, 3.05) is 20.1 Å². The molecule has 78 valence electrons. The van der Waals surface area contributed by atoms with E-state index < -0.39 is 0 Å². The molecule has 0 amide bonds. The number of rotatable bonds is 6. The van der Waals surface area contributed by atoms with Gasteiger partial charge in [-0.25, -0.2) is 0 Å². The Bertz CT molecular complexity index is 258. The van der Waals surface area contributed by atoms with Gasteiger partial charge < -0.3 is 10.2 Å². The van der Waals surface area contributed by atoms with E-state index in [1.54, 1.807) is 0 Å². The second kappa shape index (κ2) is 4.82. The Hall–Kier alpha value is -0.520. The highest BCUT2D eigenvalue weighted by atomic mass is 32.1. The second-order valence-corrected chi connectivity index (χ2v) is 4.39. The Labute approximate surface area is 88.5 Å². The van der Waals surface area contributed by atoms with E-state index in [1.807, 2.05) is 5.38 Å². The van der Waals surface area contributed by atoms with Gasteiger partial charge in [0.2, 0.25) is 0 Å². The minimum absolute atomic E-state index is 0.842. The van der Waals surface area contributed by atoms with Gasteiger partial charge in [-0.3, -0.25) is 0 Å². The van der Waals surface area contributed by atoms with Gasteiger partial charge in [-0.2, -0.15) is 0 Å². The van der Waals surface area contributed by atoms with E-state index in [0.717, 1.165) is 31.4 Å². The van der Waals surface area contributed by atoms with Crippen molar-refractivity contribution < 1.29 is 0 Å². The topological polar surface area (TPSA) is 41.0 Å². The zero-order valence-electron chi connectivity index (χ0n) is 8.44. The molecule has 0 aliphatic heterocycles. The molecule has 1 aromatic rings. The zero-order valence-corrected chi connectivity index (χ0v) is 9.26. The number of nitrogens with one attached hydrogen (secondary N) is 1. The molecular formula is C9H16N4S. The van der Waals surface area contributed by atoms with Crippen LogP contribution in [0.1, 0.15) is 18.5 Å². The summed E-state index contributed by atoms with van der Waals surface area (Å²) in [4.78, 5) is 2.42. The van der Waals surface area contributed by atoms with Gasteiger partial charge in [0.05, 0.1) is 5.69 Å². The average Bonchev–Trinajstić information content (AvgIpc) is 2.92. The first-order valence-corrected chi connectivity index (χ1v) is 5.87. The van der Waals surface area contributed by atoms with E-state index in [2.05, 4.69) is 26.9 Å². The van der Waals surface area contributed by atoms with Crippen LogP contribution >= 0.6 is 11.5 Å². The molecule has 14 heavy (non-hydrogen) atoms. The number of hydrogen-bond donors (Lipinski definition) is 1. The lowest BCUT2D eigenvalue weighted by Gasteiger charge is -2.15. The lowest BCUT2D eigenvalue weighted by Crippen LogP contribution is -2.30. The van der Waals surface area contributed by atoms with Crippen LogP contribution in [0, 0.1) is 0 Å². The fourth-order valence-electron chi connectivity index (χ4n) is 1.43. The van der Waals surface area contributed by atoms with Gasteiger partial charge in [-0.1, -0.05) is 4.49 Å². The predicted octanol–water partition coefficient (Wildman–Crippen LogP) is 0.722. The number of aromatic nitrogens is 2. The molecule has 0 spiro atoms. The van der Waals surface area contributed by atoms with Gasteiger partial charge in [-0.15, -0.1) is 5.10 Å². The summed E-state index contributed by atoms with van der Waals surface area (Å²) in [5, 5.41) is 9.32. The summed E-state index contributed by atoms with van der Waals surface area (Å²) >= 11 is 1.41. The SMILES string of the molecule is CN(CCNCc1csnn1)C1CC1. The van der Waals surface area contributed by atoms with Crippen molar-refractivity contribution in [3.63, 3.8) is 0 Å². The molecule has 1 aliphatic carbocycles. The van der Waals surface area contributed by atoms with Crippen LogP contribution in [0.4, 0.5) is 0 Å². The highest BCUT2D eigenvalue weighted by Gasteiger charge is 2.25. The molecule has 4 nitrogen and oxygen atoms in total. The van der Waals surface area contributed by atoms with E-state index in [0.29, 0.717) is 0 Å². The molecule has 0 unspecified atom stereocenters. The summed E-state index contributed by atoms with van der Waals surface area (Å²) in [5.74, 6) is 0.